The molecule has 0 bridgehead atoms. The molecule has 5 heteroatoms. The van der Waals surface area contributed by atoms with Gasteiger partial charge >= 0.3 is 11.1 Å². The lowest BCUT2D eigenvalue weighted by molar-refractivity contribution is 0.511. The van der Waals surface area contributed by atoms with E-state index in [4.69, 9.17) is 0 Å². The molecule has 2 aromatic rings. The number of nitrogens with one attached hydrogen (secondary N) is 3. The van der Waals surface area contributed by atoms with E-state index >= 15 is 0 Å². The van der Waals surface area contributed by atoms with Crippen LogP contribution in [0.15, 0.2) is 27.8 Å². The van der Waals surface area contributed by atoms with Gasteiger partial charge in [-0.05, 0) is 30.5 Å². The van der Waals surface area contributed by atoms with E-state index in [0.29, 0.717) is 23.0 Å². The highest BCUT2D eigenvalue weighted by molar-refractivity contribution is 5.78. The summed E-state index contributed by atoms with van der Waals surface area (Å²) in [4.78, 5) is 27.7. The van der Waals surface area contributed by atoms with Gasteiger partial charge in [0.2, 0.25) is 0 Å². The van der Waals surface area contributed by atoms with E-state index in [9.17, 15) is 9.59 Å². The van der Waals surface area contributed by atoms with E-state index in [1.807, 2.05) is 12.1 Å². The van der Waals surface area contributed by atoms with Crippen LogP contribution >= 0.6 is 0 Å². The molecule has 0 saturated carbocycles. The summed E-state index contributed by atoms with van der Waals surface area (Å²) in [6.45, 7) is 6.47. The number of hydrogen-bond acceptors (Lipinski definition) is 3. The van der Waals surface area contributed by atoms with Crippen molar-refractivity contribution in [2.45, 2.75) is 33.2 Å². The first-order valence-electron chi connectivity index (χ1n) is 6.54. The Balaban J connectivity index is 2.39. The second-order valence-electron chi connectivity index (χ2n) is 5.07. The van der Waals surface area contributed by atoms with Gasteiger partial charge in [-0.2, -0.15) is 0 Å². The van der Waals surface area contributed by atoms with E-state index in [0.717, 1.165) is 12.1 Å². The first-order chi connectivity index (χ1) is 9.01. The minimum absolute atomic E-state index is 0.381. The molecule has 2 rings (SSSR count). The van der Waals surface area contributed by atoms with Crippen LogP contribution in [0.25, 0.3) is 11.0 Å². The standard InChI is InChI=1S/C14H19N3O2/c1-4-10(8(2)3)15-9-5-6-11-12(7-9)17-14(19)13(18)16-11/h5-8,10,15H,4H2,1-3H3,(H,16,18)(H,17,19). The summed E-state index contributed by atoms with van der Waals surface area (Å²) < 4.78 is 0. The van der Waals surface area contributed by atoms with Crippen LogP contribution in [0.3, 0.4) is 0 Å². The monoisotopic (exact) mass is 261 g/mol. The highest BCUT2D eigenvalue weighted by Crippen LogP contribution is 2.18. The molecule has 0 aliphatic heterocycles. The van der Waals surface area contributed by atoms with Crippen molar-refractivity contribution in [3.63, 3.8) is 0 Å². The largest absolute Gasteiger partial charge is 0.382 e. The second-order valence-corrected chi connectivity index (χ2v) is 5.07. The third-order valence-corrected chi connectivity index (χ3v) is 3.32. The Morgan fingerprint density at radius 2 is 1.74 bits per heavy atom. The van der Waals surface area contributed by atoms with Crippen LogP contribution in [0.1, 0.15) is 27.2 Å². The van der Waals surface area contributed by atoms with Gasteiger partial charge in [-0.1, -0.05) is 20.8 Å². The van der Waals surface area contributed by atoms with Crippen LogP contribution in [0.5, 0.6) is 0 Å². The lowest BCUT2D eigenvalue weighted by Crippen LogP contribution is -2.29. The quantitative estimate of drug-likeness (QED) is 0.737. The molecule has 1 atom stereocenters. The average molecular weight is 261 g/mol. The number of aromatic nitrogens is 2. The number of benzene rings is 1. The molecule has 0 radical (unpaired) electrons. The Morgan fingerprint density at radius 3 is 2.32 bits per heavy atom. The topological polar surface area (TPSA) is 77.8 Å². The molecule has 1 unspecified atom stereocenters. The van der Waals surface area contributed by atoms with Crippen molar-refractivity contribution >= 4 is 16.7 Å². The van der Waals surface area contributed by atoms with E-state index in [-0.39, 0.29) is 0 Å². The zero-order chi connectivity index (χ0) is 14.0. The van der Waals surface area contributed by atoms with E-state index in [1.54, 1.807) is 6.07 Å². The van der Waals surface area contributed by atoms with Crippen molar-refractivity contribution in [1.29, 1.82) is 0 Å². The normalized spacial score (nSPS) is 12.8. The van der Waals surface area contributed by atoms with E-state index < -0.39 is 11.1 Å². The number of rotatable bonds is 4. The summed E-state index contributed by atoms with van der Waals surface area (Å²) in [7, 11) is 0. The van der Waals surface area contributed by atoms with Crippen LogP contribution in [-0.4, -0.2) is 16.0 Å². The smallest absolute Gasteiger partial charge is 0.314 e. The maximum atomic E-state index is 11.3. The first-order valence-corrected chi connectivity index (χ1v) is 6.54. The van der Waals surface area contributed by atoms with Gasteiger partial charge in [0, 0.05) is 11.7 Å². The molecule has 102 valence electrons. The Labute approximate surface area is 111 Å². The minimum Gasteiger partial charge on any atom is -0.382 e. The number of anilines is 1. The van der Waals surface area contributed by atoms with Crippen LogP contribution in [-0.2, 0) is 0 Å². The second kappa shape index (κ2) is 5.30. The summed E-state index contributed by atoms with van der Waals surface area (Å²) in [6, 6.07) is 5.92. The predicted molar refractivity (Wildman–Crippen MR) is 77.7 cm³/mol. The number of fused-ring (bicyclic) bond motifs is 1. The van der Waals surface area contributed by atoms with Gasteiger partial charge in [0.1, 0.15) is 0 Å². The van der Waals surface area contributed by atoms with Gasteiger partial charge in [0.25, 0.3) is 0 Å². The zero-order valence-electron chi connectivity index (χ0n) is 11.4. The van der Waals surface area contributed by atoms with Gasteiger partial charge in [0.05, 0.1) is 11.0 Å². The maximum absolute atomic E-state index is 11.3. The number of hydrogen-bond donors (Lipinski definition) is 3. The molecule has 19 heavy (non-hydrogen) atoms. The van der Waals surface area contributed by atoms with Gasteiger partial charge in [-0.15, -0.1) is 0 Å². The third-order valence-electron chi connectivity index (χ3n) is 3.32. The van der Waals surface area contributed by atoms with Gasteiger partial charge in [-0.25, -0.2) is 0 Å². The summed E-state index contributed by atoms with van der Waals surface area (Å²) in [5, 5.41) is 3.44. The molecular formula is C14H19N3O2. The summed E-state index contributed by atoms with van der Waals surface area (Å²) in [6.07, 6.45) is 1.03. The zero-order valence-corrected chi connectivity index (χ0v) is 11.4. The fourth-order valence-electron chi connectivity index (χ4n) is 2.16. The van der Waals surface area contributed by atoms with Gasteiger partial charge in [0.15, 0.2) is 0 Å². The summed E-state index contributed by atoms with van der Waals surface area (Å²) in [5.41, 5.74) is 0.957. The lowest BCUT2D eigenvalue weighted by atomic mass is 10.0. The van der Waals surface area contributed by atoms with Crippen molar-refractivity contribution < 1.29 is 0 Å². The molecule has 0 amide bonds. The fraction of sp³-hybridized carbons (Fsp3) is 0.429. The van der Waals surface area contributed by atoms with Gasteiger partial charge in [-0.3, -0.25) is 9.59 Å². The fourth-order valence-corrected chi connectivity index (χ4v) is 2.16. The van der Waals surface area contributed by atoms with Crippen LogP contribution < -0.4 is 16.4 Å². The van der Waals surface area contributed by atoms with E-state index in [2.05, 4.69) is 36.1 Å². The molecular weight excluding hydrogens is 242 g/mol. The Morgan fingerprint density at radius 1 is 1.11 bits per heavy atom. The summed E-state index contributed by atoms with van der Waals surface area (Å²) >= 11 is 0. The molecule has 1 aromatic carbocycles. The van der Waals surface area contributed by atoms with Gasteiger partial charge < -0.3 is 15.3 Å². The SMILES string of the molecule is CCC(Nc1ccc2[nH]c(=O)c(=O)[nH]c2c1)C(C)C. The third kappa shape index (κ3) is 2.86. The maximum Gasteiger partial charge on any atom is 0.314 e. The van der Waals surface area contributed by atoms with Crippen molar-refractivity contribution in [3.05, 3.63) is 38.9 Å². The molecule has 0 spiro atoms. The van der Waals surface area contributed by atoms with Crippen molar-refractivity contribution in [2.24, 2.45) is 5.92 Å². The average Bonchev–Trinajstić information content (AvgIpc) is 2.37. The lowest BCUT2D eigenvalue weighted by Gasteiger charge is -2.22. The van der Waals surface area contributed by atoms with Crippen LogP contribution in [0, 0.1) is 5.92 Å². The number of H-pyrrole nitrogens is 2. The molecule has 1 heterocycles. The van der Waals surface area contributed by atoms with Crippen LogP contribution in [0.2, 0.25) is 0 Å². The molecule has 0 fully saturated rings. The molecule has 1 aromatic heterocycles. The molecule has 0 saturated heterocycles. The molecule has 5 nitrogen and oxygen atoms in total. The van der Waals surface area contributed by atoms with Crippen LogP contribution in [0.4, 0.5) is 5.69 Å². The highest BCUT2D eigenvalue weighted by Gasteiger charge is 2.10. The van der Waals surface area contributed by atoms with E-state index in [1.165, 1.54) is 0 Å². The molecule has 0 aliphatic rings. The van der Waals surface area contributed by atoms with Crippen molar-refractivity contribution in [1.82, 2.24) is 9.97 Å². The predicted octanol–water partition coefficient (Wildman–Crippen LogP) is 2.06. The number of aromatic amines is 2. The Bertz CT molecular complexity index is 685. The molecule has 0 aliphatic carbocycles. The minimum atomic E-state index is -0.624. The van der Waals surface area contributed by atoms with Crippen molar-refractivity contribution in [3.8, 4) is 0 Å². The Hall–Kier alpha value is -2.04. The molecule has 3 N–H and O–H groups in total. The summed E-state index contributed by atoms with van der Waals surface area (Å²) in [5.74, 6) is 0.523. The Kier molecular flexibility index (Phi) is 3.74. The van der Waals surface area contributed by atoms with Crippen molar-refractivity contribution in [2.75, 3.05) is 5.32 Å². The highest BCUT2D eigenvalue weighted by atomic mass is 16.2. The first kappa shape index (κ1) is 13.4.